The SMILES string of the molecule is COc1ccc(COS(=O)(=O)C(F)(F)F)cc1OC. The zero-order valence-electron chi connectivity index (χ0n) is 10.0. The van der Waals surface area contributed by atoms with Gasteiger partial charge < -0.3 is 9.47 Å². The van der Waals surface area contributed by atoms with Crippen LogP contribution in [0.1, 0.15) is 5.56 Å². The summed E-state index contributed by atoms with van der Waals surface area (Å²) in [5.41, 5.74) is -5.24. The van der Waals surface area contributed by atoms with Gasteiger partial charge in [-0.1, -0.05) is 6.07 Å². The molecule has 0 spiro atoms. The lowest BCUT2D eigenvalue weighted by Gasteiger charge is -2.11. The maximum atomic E-state index is 12.0. The lowest BCUT2D eigenvalue weighted by Crippen LogP contribution is -2.25. The van der Waals surface area contributed by atoms with E-state index in [1.54, 1.807) is 0 Å². The van der Waals surface area contributed by atoms with Crippen LogP contribution in [0.15, 0.2) is 18.2 Å². The van der Waals surface area contributed by atoms with Gasteiger partial charge in [-0.3, -0.25) is 4.18 Å². The minimum Gasteiger partial charge on any atom is -0.493 e. The van der Waals surface area contributed by atoms with Crippen molar-refractivity contribution in [2.24, 2.45) is 0 Å². The van der Waals surface area contributed by atoms with E-state index in [0.29, 0.717) is 5.75 Å². The van der Waals surface area contributed by atoms with Gasteiger partial charge in [0.15, 0.2) is 11.5 Å². The number of hydrogen-bond acceptors (Lipinski definition) is 5. The van der Waals surface area contributed by atoms with E-state index in [2.05, 4.69) is 4.18 Å². The molecule has 0 unspecified atom stereocenters. The second-order valence-electron chi connectivity index (χ2n) is 3.35. The average molecular weight is 300 g/mol. The molecule has 0 aliphatic rings. The predicted molar refractivity (Wildman–Crippen MR) is 59.3 cm³/mol. The molecule has 1 aromatic rings. The number of hydrogen-bond donors (Lipinski definition) is 0. The van der Waals surface area contributed by atoms with Crippen LogP contribution >= 0.6 is 0 Å². The molecule has 0 aromatic heterocycles. The van der Waals surface area contributed by atoms with Crippen molar-refractivity contribution < 1.29 is 35.2 Å². The number of rotatable bonds is 5. The molecule has 0 aliphatic carbocycles. The van der Waals surface area contributed by atoms with E-state index >= 15 is 0 Å². The molecule has 9 heteroatoms. The molecular formula is C10H11F3O5S. The molecule has 1 aromatic carbocycles. The van der Waals surface area contributed by atoms with E-state index < -0.39 is 22.2 Å². The Bertz CT molecular complexity index is 539. The first-order valence-corrected chi connectivity index (χ1v) is 6.28. The van der Waals surface area contributed by atoms with Gasteiger partial charge in [0.05, 0.1) is 20.8 Å². The maximum Gasteiger partial charge on any atom is 0.523 e. The summed E-state index contributed by atoms with van der Waals surface area (Å²) in [6.07, 6.45) is 0. The minimum absolute atomic E-state index is 0.200. The Morgan fingerprint density at radius 2 is 1.68 bits per heavy atom. The third-order valence-electron chi connectivity index (χ3n) is 2.11. The van der Waals surface area contributed by atoms with Gasteiger partial charge in [-0.15, -0.1) is 0 Å². The van der Waals surface area contributed by atoms with Crippen LogP contribution in [-0.4, -0.2) is 28.1 Å². The van der Waals surface area contributed by atoms with Gasteiger partial charge in [0.1, 0.15) is 0 Å². The lowest BCUT2D eigenvalue weighted by molar-refractivity contribution is -0.0547. The van der Waals surface area contributed by atoms with E-state index in [1.165, 1.54) is 32.4 Å². The fourth-order valence-corrected chi connectivity index (χ4v) is 1.61. The number of benzene rings is 1. The van der Waals surface area contributed by atoms with Crippen molar-refractivity contribution >= 4 is 10.1 Å². The molecule has 1 rings (SSSR count). The van der Waals surface area contributed by atoms with E-state index in [-0.39, 0.29) is 11.3 Å². The Hall–Kier alpha value is -1.48. The summed E-state index contributed by atoms with van der Waals surface area (Å²) < 4.78 is 71.3. The van der Waals surface area contributed by atoms with Crippen molar-refractivity contribution in [3.63, 3.8) is 0 Å². The van der Waals surface area contributed by atoms with Gasteiger partial charge in [0.25, 0.3) is 0 Å². The second kappa shape index (κ2) is 5.66. The maximum absolute atomic E-state index is 12.0. The third-order valence-corrected chi connectivity index (χ3v) is 3.11. The molecule has 0 amide bonds. The first-order valence-electron chi connectivity index (χ1n) is 4.88. The zero-order valence-corrected chi connectivity index (χ0v) is 10.8. The van der Waals surface area contributed by atoms with Gasteiger partial charge in [0, 0.05) is 0 Å². The van der Waals surface area contributed by atoms with Gasteiger partial charge in [-0.2, -0.15) is 21.6 Å². The standard InChI is InChI=1S/C10H11F3O5S/c1-16-8-4-3-7(5-9(8)17-2)6-18-19(14,15)10(11,12)13/h3-5H,6H2,1-2H3. The van der Waals surface area contributed by atoms with E-state index in [1.807, 2.05) is 0 Å². The number of methoxy groups -OCH3 is 2. The Morgan fingerprint density at radius 1 is 1.11 bits per heavy atom. The van der Waals surface area contributed by atoms with Crippen molar-refractivity contribution in [3.05, 3.63) is 23.8 Å². The molecule has 0 bridgehead atoms. The van der Waals surface area contributed by atoms with Crippen molar-refractivity contribution in [2.75, 3.05) is 14.2 Å². The summed E-state index contributed by atoms with van der Waals surface area (Å²) in [6, 6.07) is 4.12. The molecule has 5 nitrogen and oxygen atoms in total. The summed E-state index contributed by atoms with van der Waals surface area (Å²) in [5.74, 6) is 0.623. The topological polar surface area (TPSA) is 61.8 Å². The molecule has 108 valence electrons. The highest BCUT2D eigenvalue weighted by Crippen LogP contribution is 2.29. The molecule has 0 saturated carbocycles. The summed E-state index contributed by atoms with van der Waals surface area (Å²) >= 11 is 0. The second-order valence-corrected chi connectivity index (χ2v) is 4.96. The molecule has 19 heavy (non-hydrogen) atoms. The van der Waals surface area contributed by atoms with Crippen molar-refractivity contribution in [1.82, 2.24) is 0 Å². The Kier molecular flexibility index (Phi) is 4.64. The van der Waals surface area contributed by atoms with Crippen LogP contribution in [0.4, 0.5) is 13.2 Å². The molecule has 0 N–H and O–H groups in total. The smallest absolute Gasteiger partial charge is 0.493 e. The number of alkyl halides is 3. The lowest BCUT2D eigenvalue weighted by atomic mass is 10.2. The number of ether oxygens (including phenoxy) is 2. The molecule has 0 fully saturated rings. The van der Waals surface area contributed by atoms with Crippen molar-refractivity contribution in [3.8, 4) is 11.5 Å². The largest absolute Gasteiger partial charge is 0.523 e. The van der Waals surface area contributed by atoms with Crippen molar-refractivity contribution in [2.45, 2.75) is 12.1 Å². The molecular weight excluding hydrogens is 289 g/mol. The highest BCUT2D eigenvalue weighted by molar-refractivity contribution is 7.87. The predicted octanol–water partition coefficient (Wildman–Crippen LogP) is 2.07. The summed E-state index contributed by atoms with van der Waals surface area (Å²) in [5, 5.41) is 0. The molecule has 0 atom stereocenters. The molecule has 0 saturated heterocycles. The quantitative estimate of drug-likeness (QED) is 0.615. The summed E-state index contributed by atoms with van der Waals surface area (Å²) in [7, 11) is -2.87. The van der Waals surface area contributed by atoms with Crippen LogP contribution in [0.5, 0.6) is 11.5 Å². The van der Waals surface area contributed by atoms with Crippen LogP contribution < -0.4 is 9.47 Å². The van der Waals surface area contributed by atoms with Crippen molar-refractivity contribution in [1.29, 1.82) is 0 Å². The fraction of sp³-hybridized carbons (Fsp3) is 0.400. The van der Waals surface area contributed by atoms with Gasteiger partial charge in [0.2, 0.25) is 0 Å². The highest BCUT2D eigenvalue weighted by atomic mass is 32.2. The normalized spacial score (nSPS) is 12.3. The van der Waals surface area contributed by atoms with Gasteiger partial charge >= 0.3 is 15.6 Å². The highest BCUT2D eigenvalue weighted by Gasteiger charge is 2.47. The van der Waals surface area contributed by atoms with Crippen LogP contribution in [0.3, 0.4) is 0 Å². The third kappa shape index (κ3) is 3.74. The van der Waals surface area contributed by atoms with E-state index in [9.17, 15) is 21.6 Å². The Labute approximate surface area is 108 Å². The fourth-order valence-electron chi connectivity index (χ4n) is 1.18. The summed E-state index contributed by atoms with van der Waals surface area (Å²) in [4.78, 5) is 0. The minimum atomic E-state index is -5.60. The molecule has 0 aliphatic heterocycles. The monoisotopic (exact) mass is 300 g/mol. The average Bonchev–Trinajstić information content (AvgIpc) is 2.34. The van der Waals surface area contributed by atoms with E-state index in [4.69, 9.17) is 9.47 Å². The number of halogens is 3. The Morgan fingerprint density at radius 3 is 2.16 bits per heavy atom. The molecule has 0 radical (unpaired) electrons. The van der Waals surface area contributed by atoms with Gasteiger partial charge in [-0.05, 0) is 17.7 Å². The van der Waals surface area contributed by atoms with Gasteiger partial charge in [-0.25, -0.2) is 0 Å². The van der Waals surface area contributed by atoms with Crippen LogP contribution in [0, 0.1) is 0 Å². The van der Waals surface area contributed by atoms with Crippen LogP contribution in [0.25, 0.3) is 0 Å². The Balaban J connectivity index is 2.85. The first-order chi connectivity index (χ1) is 8.71. The summed E-state index contributed by atoms with van der Waals surface area (Å²) in [6.45, 7) is -0.748. The van der Waals surface area contributed by atoms with E-state index in [0.717, 1.165) is 0 Å². The molecule has 0 heterocycles. The first kappa shape index (κ1) is 15.6. The van der Waals surface area contributed by atoms with Crippen LogP contribution in [0.2, 0.25) is 0 Å². The van der Waals surface area contributed by atoms with Crippen LogP contribution in [-0.2, 0) is 20.9 Å². The zero-order chi connectivity index (χ0) is 14.7.